The second kappa shape index (κ2) is 7.02. The van der Waals surface area contributed by atoms with Gasteiger partial charge in [0.1, 0.15) is 5.82 Å². The van der Waals surface area contributed by atoms with Gasteiger partial charge in [0.2, 0.25) is 0 Å². The molecule has 2 aromatic rings. The zero-order valence-electron chi connectivity index (χ0n) is 11.9. The molecule has 108 valence electrons. The number of aromatic nitrogens is 2. The first kappa shape index (κ1) is 15.2. The lowest BCUT2D eigenvalue weighted by atomic mass is 9.96. The lowest BCUT2D eigenvalue weighted by Gasteiger charge is -2.13. The van der Waals surface area contributed by atoms with E-state index in [4.69, 9.17) is 0 Å². The molecule has 0 saturated carbocycles. The molecule has 1 aromatic heterocycles. The summed E-state index contributed by atoms with van der Waals surface area (Å²) in [5.74, 6) is 0.124. The van der Waals surface area contributed by atoms with Gasteiger partial charge in [-0.3, -0.25) is 4.68 Å². The summed E-state index contributed by atoms with van der Waals surface area (Å²) in [5.41, 5.74) is 2.22. The van der Waals surface area contributed by atoms with Gasteiger partial charge in [-0.1, -0.05) is 35.0 Å². The first-order valence-electron chi connectivity index (χ1n) is 6.99. The molecule has 0 aliphatic carbocycles. The molecule has 1 aromatic carbocycles. The number of nitrogens with zero attached hydrogens (tertiary/aromatic N) is 2. The monoisotopic (exact) mass is 338 g/mol. The van der Waals surface area contributed by atoms with Crippen LogP contribution in [0.25, 0.3) is 0 Å². The van der Waals surface area contributed by atoms with Crippen LogP contribution < -0.4 is 0 Å². The van der Waals surface area contributed by atoms with E-state index < -0.39 is 0 Å². The van der Waals surface area contributed by atoms with Gasteiger partial charge in [0, 0.05) is 17.6 Å². The summed E-state index contributed by atoms with van der Waals surface area (Å²) < 4.78 is 15.0. The quantitative estimate of drug-likeness (QED) is 0.697. The molecule has 0 aliphatic rings. The van der Waals surface area contributed by atoms with Crippen LogP contribution in [0.2, 0.25) is 0 Å². The van der Waals surface area contributed by atoms with Gasteiger partial charge in [-0.05, 0) is 49.4 Å². The second-order valence-corrected chi connectivity index (χ2v) is 5.80. The van der Waals surface area contributed by atoms with E-state index in [-0.39, 0.29) is 5.82 Å². The molecule has 4 heteroatoms. The molecular weight excluding hydrogens is 319 g/mol. The average Bonchev–Trinajstić information content (AvgIpc) is 2.93. The van der Waals surface area contributed by atoms with Crippen molar-refractivity contribution in [3.63, 3.8) is 0 Å². The molecule has 0 radical (unpaired) electrons. The number of halogens is 2. The average molecular weight is 339 g/mol. The van der Waals surface area contributed by atoms with E-state index in [0.29, 0.717) is 12.0 Å². The number of rotatable bonds is 6. The van der Waals surface area contributed by atoms with E-state index >= 15 is 0 Å². The normalized spacial score (nSPS) is 14.2. The SMILES string of the molecule is CCC(C)n1ccc(CC(CBr)c2ccc(F)cc2)n1. The lowest BCUT2D eigenvalue weighted by molar-refractivity contribution is 0.472. The Hall–Kier alpha value is -1.16. The van der Waals surface area contributed by atoms with Crippen LogP contribution >= 0.6 is 15.9 Å². The highest BCUT2D eigenvalue weighted by atomic mass is 79.9. The summed E-state index contributed by atoms with van der Waals surface area (Å²) in [7, 11) is 0. The smallest absolute Gasteiger partial charge is 0.123 e. The van der Waals surface area contributed by atoms with Gasteiger partial charge in [-0.15, -0.1) is 0 Å². The number of alkyl halides is 1. The first-order valence-corrected chi connectivity index (χ1v) is 8.11. The van der Waals surface area contributed by atoms with Gasteiger partial charge in [-0.2, -0.15) is 5.10 Å². The van der Waals surface area contributed by atoms with Crippen molar-refractivity contribution in [2.24, 2.45) is 0 Å². The van der Waals surface area contributed by atoms with Crippen LogP contribution in [0.15, 0.2) is 36.5 Å². The Kier molecular flexibility index (Phi) is 5.35. The van der Waals surface area contributed by atoms with Gasteiger partial charge < -0.3 is 0 Å². The fourth-order valence-corrected chi connectivity index (χ4v) is 2.77. The van der Waals surface area contributed by atoms with E-state index in [1.807, 2.05) is 23.0 Å². The first-order chi connectivity index (χ1) is 9.63. The van der Waals surface area contributed by atoms with Crippen LogP contribution in [0, 0.1) is 5.82 Å². The molecule has 0 amide bonds. The minimum atomic E-state index is -0.192. The standard InChI is InChI=1S/C16H20BrFN2/c1-3-12(2)20-9-8-16(19-20)10-14(11-17)13-4-6-15(18)7-5-13/h4-9,12,14H,3,10-11H2,1-2H3. The predicted molar refractivity (Wildman–Crippen MR) is 83.9 cm³/mol. The molecule has 0 aliphatic heterocycles. The van der Waals surface area contributed by atoms with E-state index in [2.05, 4.69) is 40.9 Å². The molecular formula is C16H20BrFN2. The lowest BCUT2D eigenvalue weighted by Crippen LogP contribution is -2.08. The fourth-order valence-electron chi connectivity index (χ4n) is 2.17. The van der Waals surface area contributed by atoms with Gasteiger partial charge in [-0.25, -0.2) is 4.39 Å². The van der Waals surface area contributed by atoms with Crippen LogP contribution in [0.3, 0.4) is 0 Å². The molecule has 0 N–H and O–H groups in total. The Morgan fingerprint density at radius 1 is 1.25 bits per heavy atom. The predicted octanol–water partition coefficient (Wildman–Crippen LogP) is 4.71. The zero-order chi connectivity index (χ0) is 14.5. The maximum absolute atomic E-state index is 13.0. The van der Waals surface area contributed by atoms with Gasteiger partial charge in [0.25, 0.3) is 0 Å². The molecule has 2 nitrogen and oxygen atoms in total. The van der Waals surface area contributed by atoms with Crippen molar-refractivity contribution < 1.29 is 4.39 Å². The van der Waals surface area contributed by atoms with Crippen LogP contribution in [-0.2, 0) is 6.42 Å². The van der Waals surface area contributed by atoms with E-state index in [1.165, 1.54) is 12.1 Å². The zero-order valence-corrected chi connectivity index (χ0v) is 13.5. The maximum atomic E-state index is 13.0. The molecule has 0 fully saturated rings. The minimum Gasteiger partial charge on any atom is -0.270 e. The molecule has 0 saturated heterocycles. The summed E-state index contributed by atoms with van der Waals surface area (Å²) in [6.07, 6.45) is 3.97. The van der Waals surface area contributed by atoms with Crippen molar-refractivity contribution >= 4 is 15.9 Å². The minimum absolute atomic E-state index is 0.192. The molecule has 1 heterocycles. The van der Waals surface area contributed by atoms with Crippen molar-refractivity contribution in [1.29, 1.82) is 0 Å². The van der Waals surface area contributed by atoms with Gasteiger partial charge >= 0.3 is 0 Å². The largest absolute Gasteiger partial charge is 0.270 e. The molecule has 2 rings (SSSR count). The second-order valence-electron chi connectivity index (χ2n) is 5.15. The highest BCUT2D eigenvalue weighted by molar-refractivity contribution is 9.09. The highest BCUT2D eigenvalue weighted by Crippen LogP contribution is 2.23. The highest BCUT2D eigenvalue weighted by Gasteiger charge is 2.14. The molecule has 0 spiro atoms. The van der Waals surface area contributed by atoms with E-state index in [0.717, 1.165) is 29.4 Å². The molecule has 20 heavy (non-hydrogen) atoms. The maximum Gasteiger partial charge on any atom is 0.123 e. The molecule has 0 bridgehead atoms. The third-order valence-corrected chi connectivity index (χ3v) is 4.47. The van der Waals surface area contributed by atoms with E-state index in [1.54, 1.807) is 0 Å². The van der Waals surface area contributed by atoms with Crippen LogP contribution in [0.4, 0.5) is 4.39 Å². The fraction of sp³-hybridized carbons (Fsp3) is 0.438. The van der Waals surface area contributed by atoms with Gasteiger partial charge in [0.05, 0.1) is 5.69 Å². The van der Waals surface area contributed by atoms with Crippen molar-refractivity contribution in [2.45, 2.75) is 38.6 Å². The Bertz CT molecular complexity index is 536. The van der Waals surface area contributed by atoms with Crippen molar-refractivity contribution in [3.8, 4) is 0 Å². The third-order valence-electron chi connectivity index (χ3n) is 3.69. The Morgan fingerprint density at radius 3 is 2.55 bits per heavy atom. The summed E-state index contributed by atoms with van der Waals surface area (Å²) >= 11 is 3.55. The number of hydrogen-bond donors (Lipinski definition) is 0. The molecule has 2 atom stereocenters. The number of benzene rings is 1. The third kappa shape index (κ3) is 3.69. The van der Waals surface area contributed by atoms with E-state index in [9.17, 15) is 4.39 Å². The Labute approximate surface area is 128 Å². The van der Waals surface area contributed by atoms with Crippen LogP contribution in [0.1, 0.15) is 43.5 Å². The van der Waals surface area contributed by atoms with Crippen LogP contribution in [-0.4, -0.2) is 15.1 Å². The van der Waals surface area contributed by atoms with Crippen molar-refractivity contribution in [1.82, 2.24) is 9.78 Å². The Morgan fingerprint density at radius 2 is 1.95 bits per heavy atom. The van der Waals surface area contributed by atoms with Gasteiger partial charge in [0.15, 0.2) is 0 Å². The summed E-state index contributed by atoms with van der Waals surface area (Å²) in [6, 6.07) is 9.24. The summed E-state index contributed by atoms with van der Waals surface area (Å²) in [5, 5.41) is 5.48. The topological polar surface area (TPSA) is 17.8 Å². The summed E-state index contributed by atoms with van der Waals surface area (Å²) in [6.45, 7) is 4.32. The number of hydrogen-bond acceptors (Lipinski definition) is 1. The van der Waals surface area contributed by atoms with Crippen molar-refractivity contribution in [3.05, 3.63) is 53.6 Å². The Balaban J connectivity index is 2.10. The summed E-state index contributed by atoms with van der Waals surface area (Å²) in [4.78, 5) is 0. The van der Waals surface area contributed by atoms with Crippen LogP contribution in [0.5, 0.6) is 0 Å². The molecule has 2 unspecified atom stereocenters. The van der Waals surface area contributed by atoms with Crippen molar-refractivity contribution in [2.75, 3.05) is 5.33 Å².